The maximum atomic E-state index is 11.6. The molecule has 0 aliphatic heterocycles. The van der Waals surface area contributed by atoms with Gasteiger partial charge in [0.1, 0.15) is 5.75 Å². The number of benzene rings is 1. The van der Waals surface area contributed by atoms with Crippen molar-refractivity contribution in [2.45, 2.75) is 0 Å². The van der Waals surface area contributed by atoms with Gasteiger partial charge in [0.25, 0.3) is 5.91 Å². The number of rotatable bonds is 4. The van der Waals surface area contributed by atoms with E-state index in [2.05, 4.69) is 10.4 Å². The first-order chi connectivity index (χ1) is 8.63. The molecule has 0 radical (unpaired) electrons. The molecule has 0 saturated carbocycles. The molecule has 0 aliphatic rings. The Kier molecular flexibility index (Phi) is 3.84. The molecule has 1 N–H and O–H groups in total. The smallest absolute Gasteiger partial charge is 0.262 e. The summed E-state index contributed by atoms with van der Waals surface area (Å²) in [6.45, 7) is -0.0742. The largest absolute Gasteiger partial charge is 0.484 e. The van der Waals surface area contributed by atoms with Crippen LogP contribution in [-0.4, -0.2) is 22.3 Å². The van der Waals surface area contributed by atoms with Crippen LogP contribution in [0.25, 0.3) is 0 Å². The van der Waals surface area contributed by atoms with E-state index in [0.29, 0.717) is 16.5 Å². The number of nitrogens with zero attached hydrogens (tertiary/aromatic N) is 2. The number of nitrogens with one attached hydrogen (secondary N) is 1. The second-order valence-electron chi connectivity index (χ2n) is 3.70. The highest BCUT2D eigenvalue weighted by molar-refractivity contribution is 6.30. The number of halogens is 1. The van der Waals surface area contributed by atoms with Crippen molar-refractivity contribution in [3.8, 4) is 5.75 Å². The number of ether oxygens (including phenoxy) is 1. The van der Waals surface area contributed by atoms with Gasteiger partial charge < -0.3 is 10.1 Å². The summed E-state index contributed by atoms with van der Waals surface area (Å²) < 4.78 is 6.91. The third-order valence-corrected chi connectivity index (χ3v) is 2.39. The SMILES string of the molecule is Cn1cc(NC(=O)COc2cccc(Cl)c2)cn1. The van der Waals surface area contributed by atoms with Crippen LogP contribution in [-0.2, 0) is 11.8 Å². The van der Waals surface area contributed by atoms with Gasteiger partial charge in [0.05, 0.1) is 11.9 Å². The van der Waals surface area contributed by atoms with E-state index in [4.69, 9.17) is 16.3 Å². The van der Waals surface area contributed by atoms with E-state index in [-0.39, 0.29) is 12.5 Å². The second kappa shape index (κ2) is 5.55. The number of hydrogen-bond acceptors (Lipinski definition) is 3. The van der Waals surface area contributed by atoms with Crippen molar-refractivity contribution in [2.24, 2.45) is 7.05 Å². The van der Waals surface area contributed by atoms with E-state index in [1.54, 1.807) is 48.4 Å². The average molecular weight is 266 g/mol. The Hall–Kier alpha value is -2.01. The Balaban J connectivity index is 1.85. The van der Waals surface area contributed by atoms with Gasteiger partial charge in [-0.2, -0.15) is 5.10 Å². The Morgan fingerprint density at radius 1 is 1.56 bits per heavy atom. The summed E-state index contributed by atoms with van der Waals surface area (Å²) in [5.74, 6) is 0.312. The minimum absolute atomic E-state index is 0.0742. The van der Waals surface area contributed by atoms with Crippen LogP contribution >= 0.6 is 11.6 Å². The molecule has 1 aromatic heterocycles. The predicted octanol–water partition coefficient (Wildman–Crippen LogP) is 2.09. The number of aryl methyl sites for hydroxylation is 1. The molecule has 94 valence electrons. The van der Waals surface area contributed by atoms with E-state index < -0.39 is 0 Å². The highest BCUT2D eigenvalue weighted by atomic mass is 35.5. The van der Waals surface area contributed by atoms with Gasteiger partial charge in [0.15, 0.2) is 6.61 Å². The lowest BCUT2D eigenvalue weighted by molar-refractivity contribution is -0.118. The maximum absolute atomic E-state index is 11.6. The minimum Gasteiger partial charge on any atom is -0.484 e. The Bertz CT molecular complexity index is 554. The second-order valence-corrected chi connectivity index (χ2v) is 4.13. The fraction of sp³-hybridized carbons (Fsp3) is 0.167. The summed E-state index contributed by atoms with van der Waals surface area (Å²) in [4.78, 5) is 11.6. The van der Waals surface area contributed by atoms with E-state index in [1.165, 1.54) is 0 Å². The van der Waals surface area contributed by atoms with Crippen LogP contribution < -0.4 is 10.1 Å². The lowest BCUT2D eigenvalue weighted by Crippen LogP contribution is -2.19. The number of aromatic nitrogens is 2. The summed E-state index contributed by atoms with van der Waals surface area (Å²) in [5.41, 5.74) is 0.636. The standard InChI is InChI=1S/C12H12ClN3O2/c1-16-7-10(6-14-16)15-12(17)8-18-11-4-2-3-9(13)5-11/h2-7H,8H2,1H3,(H,15,17). The number of carbonyl (C=O) groups is 1. The Morgan fingerprint density at radius 3 is 3.06 bits per heavy atom. The predicted molar refractivity (Wildman–Crippen MR) is 68.8 cm³/mol. The first kappa shape index (κ1) is 12.4. The molecule has 0 spiro atoms. The molecule has 0 aliphatic carbocycles. The van der Waals surface area contributed by atoms with Crippen molar-refractivity contribution in [1.82, 2.24) is 9.78 Å². The van der Waals surface area contributed by atoms with Crippen LogP contribution in [0.2, 0.25) is 5.02 Å². The highest BCUT2D eigenvalue weighted by Crippen LogP contribution is 2.17. The van der Waals surface area contributed by atoms with Gasteiger partial charge in [-0.05, 0) is 18.2 Å². The van der Waals surface area contributed by atoms with Gasteiger partial charge >= 0.3 is 0 Å². The van der Waals surface area contributed by atoms with Gasteiger partial charge in [-0.3, -0.25) is 9.48 Å². The van der Waals surface area contributed by atoms with Crippen LogP contribution in [0.1, 0.15) is 0 Å². The first-order valence-electron chi connectivity index (χ1n) is 5.30. The molecule has 18 heavy (non-hydrogen) atoms. The van der Waals surface area contributed by atoms with Crippen molar-refractivity contribution in [2.75, 3.05) is 11.9 Å². The lowest BCUT2D eigenvalue weighted by Gasteiger charge is -2.06. The van der Waals surface area contributed by atoms with Crippen molar-refractivity contribution in [3.63, 3.8) is 0 Å². The van der Waals surface area contributed by atoms with E-state index in [9.17, 15) is 4.79 Å². The van der Waals surface area contributed by atoms with Gasteiger partial charge in [0, 0.05) is 18.3 Å². The van der Waals surface area contributed by atoms with Gasteiger partial charge in [0.2, 0.25) is 0 Å². The van der Waals surface area contributed by atoms with Crippen molar-refractivity contribution >= 4 is 23.2 Å². The Morgan fingerprint density at radius 2 is 2.39 bits per heavy atom. The zero-order valence-electron chi connectivity index (χ0n) is 9.76. The molecule has 6 heteroatoms. The third kappa shape index (κ3) is 3.49. The summed E-state index contributed by atoms with van der Waals surface area (Å²) in [5, 5.41) is 7.18. The molecule has 2 aromatic rings. The lowest BCUT2D eigenvalue weighted by atomic mass is 10.3. The van der Waals surface area contributed by atoms with Crippen LogP contribution in [0.5, 0.6) is 5.75 Å². The van der Waals surface area contributed by atoms with Crippen molar-refractivity contribution in [3.05, 3.63) is 41.7 Å². The normalized spacial score (nSPS) is 10.1. The number of anilines is 1. The first-order valence-corrected chi connectivity index (χ1v) is 5.68. The number of carbonyl (C=O) groups excluding carboxylic acids is 1. The van der Waals surface area contributed by atoms with Gasteiger partial charge in [-0.25, -0.2) is 0 Å². The fourth-order valence-electron chi connectivity index (χ4n) is 1.39. The molecule has 0 unspecified atom stereocenters. The van der Waals surface area contributed by atoms with Crippen LogP contribution in [0.4, 0.5) is 5.69 Å². The molecule has 0 saturated heterocycles. The summed E-state index contributed by atoms with van der Waals surface area (Å²) >= 11 is 5.80. The van der Waals surface area contributed by atoms with Gasteiger partial charge in [-0.15, -0.1) is 0 Å². The van der Waals surface area contributed by atoms with E-state index in [0.717, 1.165) is 0 Å². The monoisotopic (exact) mass is 265 g/mol. The molecule has 1 amide bonds. The molecular weight excluding hydrogens is 254 g/mol. The van der Waals surface area contributed by atoms with E-state index in [1.807, 2.05) is 0 Å². The molecule has 0 fully saturated rings. The number of amides is 1. The van der Waals surface area contributed by atoms with Crippen molar-refractivity contribution < 1.29 is 9.53 Å². The topological polar surface area (TPSA) is 56.2 Å². The minimum atomic E-state index is -0.247. The summed E-state index contributed by atoms with van der Waals surface area (Å²) in [6.07, 6.45) is 3.27. The van der Waals surface area contributed by atoms with Gasteiger partial charge in [-0.1, -0.05) is 17.7 Å². The van der Waals surface area contributed by atoms with Crippen molar-refractivity contribution in [1.29, 1.82) is 0 Å². The zero-order chi connectivity index (χ0) is 13.0. The number of hydrogen-bond donors (Lipinski definition) is 1. The molecule has 1 heterocycles. The molecule has 0 atom stereocenters. The molecule has 0 bridgehead atoms. The fourth-order valence-corrected chi connectivity index (χ4v) is 1.57. The Labute approximate surface area is 109 Å². The molecule has 5 nitrogen and oxygen atoms in total. The quantitative estimate of drug-likeness (QED) is 0.921. The maximum Gasteiger partial charge on any atom is 0.262 e. The van der Waals surface area contributed by atoms with Crippen LogP contribution in [0.15, 0.2) is 36.7 Å². The van der Waals surface area contributed by atoms with E-state index >= 15 is 0 Å². The molecule has 2 rings (SSSR count). The van der Waals surface area contributed by atoms with Crippen LogP contribution in [0.3, 0.4) is 0 Å². The molecular formula is C12H12ClN3O2. The summed E-state index contributed by atoms with van der Waals surface area (Å²) in [6, 6.07) is 6.89. The highest BCUT2D eigenvalue weighted by Gasteiger charge is 2.05. The third-order valence-electron chi connectivity index (χ3n) is 2.15. The average Bonchev–Trinajstić information content (AvgIpc) is 2.72. The summed E-state index contributed by atoms with van der Waals surface area (Å²) in [7, 11) is 1.78. The van der Waals surface area contributed by atoms with Crippen LogP contribution in [0, 0.1) is 0 Å². The molecule has 1 aromatic carbocycles. The zero-order valence-corrected chi connectivity index (χ0v) is 10.5.